The summed E-state index contributed by atoms with van der Waals surface area (Å²) in [5.41, 5.74) is 0.193. The van der Waals surface area contributed by atoms with Crippen molar-refractivity contribution in [2.75, 3.05) is 7.11 Å². The zero-order valence-electron chi connectivity index (χ0n) is 18.8. The molecule has 0 spiro atoms. The number of hydrogen-bond donors (Lipinski definition) is 1. The molecule has 0 amide bonds. The van der Waals surface area contributed by atoms with Gasteiger partial charge in [-0.15, -0.1) is 0 Å². The molecule has 4 aliphatic rings. The van der Waals surface area contributed by atoms with E-state index in [1.807, 2.05) is 0 Å². The average molecular weight is 405 g/mol. The van der Waals surface area contributed by atoms with E-state index in [1.54, 1.807) is 0 Å². The number of fused-ring (bicyclic) bond motifs is 5. The third kappa shape index (κ3) is 3.28. The summed E-state index contributed by atoms with van der Waals surface area (Å²) < 4.78 is 4.84. The maximum atomic E-state index is 12.1. The number of aliphatic hydroxyl groups excluding tert-OH is 1. The van der Waals surface area contributed by atoms with Gasteiger partial charge in [-0.2, -0.15) is 0 Å². The van der Waals surface area contributed by atoms with Gasteiger partial charge in [0.15, 0.2) is 0 Å². The largest absolute Gasteiger partial charge is 0.469 e. The van der Waals surface area contributed by atoms with E-state index >= 15 is 0 Å². The van der Waals surface area contributed by atoms with Gasteiger partial charge < -0.3 is 9.84 Å². The summed E-state index contributed by atoms with van der Waals surface area (Å²) in [6.45, 7) is 7.05. The van der Waals surface area contributed by atoms with E-state index in [9.17, 15) is 14.7 Å². The van der Waals surface area contributed by atoms with Crippen LogP contribution in [-0.2, 0) is 14.3 Å². The summed E-state index contributed by atoms with van der Waals surface area (Å²) in [7, 11) is 1.46. The third-order valence-corrected chi connectivity index (χ3v) is 10.4. The van der Waals surface area contributed by atoms with Crippen molar-refractivity contribution in [1.82, 2.24) is 0 Å². The second kappa shape index (κ2) is 7.66. The van der Waals surface area contributed by atoms with E-state index in [0.29, 0.717) is 47.7 Å². The number of esters is 1. The Balaban J connectivity index is 1.54. The molecule has 0 heterocycles. The molecule has 1 N–H and O–H groups in total. The standard InChI is InChI=1S/C25H40O4/c1-15(5-10-23(28)29-4)19-8-9-20-18-7-6-16-13-17(26)11-12-24(16,2)21(18)14-22(27)25(19,20)3/h15-16,18-22,27H,5-14H2,1-4H3/t15-,16+,18-,19+,20-,21-,22-,24-,25+/m0/s1. The summed E-state index contributed by atoms with van der Waals surface area (Å²) in [5, 5.41) is 11.5. The van der Waals surface area contributed by atoms with Gasteiger partial charge in [-0.1, -0.05) is 20.8 Å². The Morgan fingerprint density at radius 3 is 2.69 bits per heavy atom. The Labute approximate surface area is 176 Å². The lowest BCUT2D eigenvalue weighted by Crippen LogP contribution is -2.58. The minimum atomic E-state index is -0.268. The number of carbonyl (C=O) groups excluding carboxylic acids is 2. The molecule has 4 aliphatic carbocycles. The number of ketones is 1. The number of rotatable bonds is 4. The van der Waals surface area contributed by atoms with E-state index in [0.717, 1.165) is 32.1 Å². The van der Waals surface area contributed by atoms with Crippen molar-refractivity contribution in [3.8, 4) is 0 Å². The molecular weight excluding hydrogens is 364 g/mol. The van der Waals surface area contributed by atoms with Gasteiger partial charge in [0, 0.05) is 19.3 Å². The predicted molar refractivity (Wildman–Crippen MR) is 112 cm³/mol. The summed E-state index contributed by atoms with van der Waals surface area (Å²) in [4.78, 5) is 23.7. The molecule has 4 saturated carbocycles. The van der Waals surface area contributed by atoms with E-state index < -0.39 is 0 Å². The van der Waals surface area contributed by atoms with Gasteiger partial charge in [-0.05, 0) is 91.3 Å². The molecule has 0 aromatic heterocycles. The first-order valence-electron chi connectivity index (χ1n) is 12.0. The molecule has 0 unspecified atom stereocenters. The van der Waals surface area contributed by atoms with Crippen LogP contribution in [0.15, 0.2) is 0 Å². The van der Waals surface area contributed by atoms with Crippen molar-refractivity contribution in [3.63, 3.8) is 0 Å². The van der Waals surface area contributed by atoms with Gasteiger partial charge >= 0.3 is 5.97 Å². The van der Waals surface area contributed by atoms with Crippen LogP contribution in [0.4, 0.5) is 0 Å². The molecule has 4 nitrogen and oxygen atoms in total. The Morgan fingerprint density at radius 2 is 1.97 bits per heavy atom. The maximum absolute atomic E-state index is 12.1. The molecule has 4 rings (SSSR count). The van der Waals surface area contributed by atoms with E-state index in [4.69, 9.17) is 4.74 Å². The fourth-order valence-electron chi connectivity index (χ4n) is 8.62. The predicted octanol–water partition coefficient (Wildman–Crippen LogP) is 4.77. The van der Waals surface area contributed by atoms with Gasteiger partial charge in [0.2, 0.25) is 0 Å². The van der Waals surface area contributed by atoms with Crippen molar-refractivity contribution in [1.29, 1.82) is 0 Å². The van der Waals surface area contributed by atoms with Gasteiger partial charge in [-0.25, -0.2) is 0 Å². The van der Waals surface area contributed by atoms with Crippen molar-refractivity contribution in [2.45, 2.75) is 91.1 Å². The number of methoxy groups -OCH3 is 1. The molecule has 0 radical (unpaired) electrons. The molecule has 164 valence electrons. The fourth-order valence-corrected chi connectivity index (χ4v) is 8.62. The minimum absolute atomic E-state index is 0.0373. The minimum Gasteiger partial charge on any atom is -0.469 e. The number of hydrogen-bond acceptors (Lipinski definition) is 4. The van der Waals surface area contributed by atoms with Crippen LogP contribution in [0.1, 0.15) is 85.0 Å². The lowest BCUT2D eigenvalue weighted by Gasteiger charge is -2.62. The van der Waals surface area contributed by atoms with E-state index in [1.165, 1.54) is 32.8 Å². The third-order valence-electron chi connectivity index (χ3n) is 10.4. The second-order valence-corrected chi connectivity index (χ2v) is 11.3. The Morgan fingerprint density at radius 1 is 1.21 bits per heavy atom. The van der Waals surface area contributed by atoms with Crippen LogP contribution >= 0.6 is 0 Å². The molecule has 0 saturated heterocycles. The highest BCUT2D eigenvalue weighted by Crippen LogP contribution is 2.68. The first-order chi connectivity index (χ1) is 13.7. The highest BCUT2D eigenvalue weighted by atomic mass is 16.5. The monoisotopic (exact) mass is 404 g/mol. The van der Waals surface area contributed by atoms with Gasteiger partial charge in [0.1, 0.15) is 5.78 Å². The van der Waals surface area contributed by atoms with Gasteiger partial charge in [0.25, 0.3) is 0 Å². The number of carbonyl (C=O) groups is 2. The molecule has 4 fully saturated rings. The van der Waals surface area contributed by atoms with Crippen LogP contribution in [0, 0.1) is 46.3 Å². The van der Waals surface area contributed by atoms with Crippen molar-refractivity contribution >= 4 is 11.8 Å². The highest BCUT2D eigenvalue weighted by Gasteiger charge is 2.63. The van der Waals surface area contributed by atoms with Gasteiger partial charge in [0.05, 0.1) is 13.2 Å². The lowest BCUT2D eigenvalue weighted by atomic mass is 9.44. The first-order valence-corrected chi connectivity index (χ1v) is 12.0. The molecule has 0 bridgehead atoms. The zero-order chi connectivity index (χ0) is 21.0. The Kier molecular flexibility index (Phi) is 5.63. The first kappa shape index (κ1) is 21.3. The molecule has 0 aliphatic heterocycles. The summed E-state index contributed by atoms with van der Waals surface area (Å²) in [5.74, 6) is 3.59. The fraction of sp³-hybridized carbons (Fsp3) is 0.920. The molecule has 9 atom stereocenters. The van der Waals surface area contributed by atoms with Crippen LogP contribution < -0.4 is 0 Å². The van der Waals surface area contributed by atoms with Crippen LogP contribution in [0.5, 0.6) is 0 Å². The van der Waals surface area contributed by atoms with Crippen LogP contribution in [-0.4, -0.2) is 30.1 Å². The lowest BCUT2D eigenvalue weighted by molar-refractivity contribution is -0.171. The average Bonchev–Trinajstić information content (AvgIpc) is 3.06. The molecule has 0 aromatic carbocycles. The van der Waals surface area contributed by atoms with Crippen molar-refractivity contribution in [3.05, 3.63) is 0 Å². The summed E-state index contributed by atoms with van der Waals surface area (Å²) in [6, 6.07) is 0. The Bertz CT molecular complexity index is 659. The van der Waals surface area contributed by atoms with Crippen LogP contribution in [0.3, 0.4) is 0 Å². The van der Waals surface area contributed by atoms with Gasteiger partial charge in [-0.3, -0.25) is 9.59 Å². The highest BCUT2D eigenvalue weighted by molar-refractivity contribution is 5.79. The van der Waals surface area contributed by atoms with Crippen molar-refractivity contribution in [2.24, 2.45) is 46.3 Å². The smallest absolute Gasteiger partial charge is 0.305 e. The summed E-state index contributed by atoms with van der Waals surface area (Å²) in [6.07, 6.45) is 9.29. The van der Waals surface area contributed by atoms with Crippen LogP contribution in [0.2, 0.25) is 0 Å². The number of Topliss-reactive ketones (excluding diaryl/α,β-unsaturated/α-hetero) is 1. The molecule has 4 heteroatoms. The maximum Gasteiger partial charge on any atom is 0.305 e. The SMILES string of the molecule is COC(=O)CC[C@H](C)[C@H]1CC[C@H]2[C@@H]3CC[C@@H]4CC(=O)CC[C@]4(C)[C@H]3C[C@H](O)[C@]12C. The molecule has 0 aromatic rings. The Hall–Kier alpha value is -0.900. The number of aliphatic hydroxyl groups is 1. The molecular formula is C25H40O4. The quantitative estimate of drug-likeness (QED) is 0.685. The topological polar surface area (TPSA) is 63.6 Å². The number of ether oxygens (including phenoxy) is 1. The molecule has 29 heavy (non-hydrogen) atoms. The zero-order valence-corrected chi connectivity index (χ0v) is 18.8. The summed E-state index contributed by atoms with van der Waals surface area (Å²) >= 11 is 0. The van der Waals surface area contributed by atoms with Crippen molar-refractivity contribution < 1.29 is 19.4 Å². The normalized spacial score (nSPS) is 47.7. The van der Waals surface area contributed by atoms with Crippen LogP contribution in [0.25, 0.3) is 0 Å². The van der Waals surface area contributed by atoms with E-state index in [-0.39, 0.29) is 22.9 Å². The van der Waals surface area contributed by atoms with E-state index in [2.05, 4.69) is 20.8 Å². The second-order valence-electron chi connectivity index (χ2n) is 11.3.